The molecule has 1 aliphatic heterocycles. The second-order valence-electron chi connectivity index (χ2n) is 9.44. The summed E-state index contributed by atoms with van der Waals surface area (Å²) in [6.45, 7) is 0. The highest BCUT2D eigenvalue weighted by Gasteiger charge is 2.23. The second-order valence-corrected chi connectivity index (χ2v) is 9.44. The Morgan fingerprint density at radius 3 is 2.03 bits per heavy atom. The number of rotatable bonds is 4. The third-order valence-corrected chi connectivity index (χ3v) is 7.12. The molecular formula is C33H26N4. The zero-order valence-electron chi connectivity index (χ0n) is 20.4. The van der Waals surface area contributed by atoms with Crippen LogP contribution in [-0.2, 0) is 0 Å². The molecule has 0 bridgehead atoms. The molecule has 2 aliphatic rings. The lowest BCUT2D eigenvalue weighted by atomic mass is 10.0. The maximum atomic E-state index is 5.09. The van der Waals surface area contributed by atoms with Gasteiger partial charge >= 0.3 is 0 Å². The van der Waals surface area contributed by atoms with Gasteiger partial charge in [-0.3, -0.25) is 0 Å². The third kappa shape index (κ3) is 3.87. The van der Waals surface area contributed by atoms with Crippen LogP contribution in [-0.4, -0.2) is 16.2 Å². The van der Waals surface area contributed by atoms with Crippen LogP contribution >= 0.6 is 0 Å². The van der Waals surface area contributed by atoms with Crippen LogP contribution in [0.5, 0.6) is 0 Å². The fourth-order valence-electron chi connectivity index (χ4n) is 5.38. The Labute approximate surface area is 216 Å². The number of para-hydroxylation sites is 2. The molecule has 1 unspecified atom stereocenters. The van der Waals surface area contributed by atoms with Gasteiger partial charge in [-0.2, -0.15) is 0 Å². The first-order valence-corrected chi connectivity index (χ1v) is 12.8. The molecule has 0 saturated carbocycles. The molecule has 0 spiro atoms. The molecule has 1 aliphatic carbocycles. The summed E-state index contributed by atoms with van der Waals surface area (Å²) in [7, 11) is 0. The minimum atomic E-state index is -0.197. The number of nitrogens with zero attached hydrogens (tertiary/aromatic N) is 3. The summed E-state index contributed by atoms with van der Waals surface area (Å²) in [5, 5.41) is 6.11. The van der Waals surface area contributed by atoms with E-state index in [2.05, 4.69) is 107 Å². The zero-order chi connectivity index (χ0) is 24.6. The Morgan fingerprint density at radius 1 is 0.703 bits per heavy atom. The van der Waals surface area contributed by atoms with Crippen LogP contribution in [0.2, 0.25) is 0 Å². The van der Waals surface area contributed by atoms with Gasteiger partial charge in [0.25, 0.3) is 0 Å². The number of hydrogen-bond donors (Lipinski definition) is 1. The fraction of sp³-hybridized carbons (Fsp3) is 0.0909. The number of hydrogen-bond acceptors (Lipinski definition) is 3. The van der Waals surface area contributed by atoms with E-state index >= 15 is 0 Å². The van der Waals surface area contributed by atoms with E-state index < -0.39 is 0 Å². The summed E-state index contributed by atoms with van der Waals surface area (Å²) in [6, 6.07) is 38.0. The highest BCUT2D eigenvalue weighted by Crippen LogP contribution is 2.35. The number of allylic oxidation sites excluding steroid dienone is 2. The lowest BCUT2D eigenvalue weighted by molar-refractivity contribution is 0.674. The van der Waals surface area contributed by atoms with Crippen molar-refractivity contribution in [1.82, 2.24) is 9.88 Å². The first-order valence-electron chi connectivity index (χ1n) is 12.8. The normalized spacial score (nSPS) is 17.6. The number of aliphatic imine (C=N–C) groups is 2. The minimum Gasteiger partial charge on any atom is -0.344 e. The molecule has 37 heavy (non-hydrogen) atoms. The van der Waals surface area contributed by atoms with Gasteiger partial charge in [0, 0.05) is 27.6 Å². The summed E-state index contributed by atoms with van der Waals surface area (Å²) in [4.78, 5) is 10.1. The molecule has 1 N–H and O–H groups in total. The van der Waals surface area contributed by atoms with Gasteiger partial charge in [0.2, 0.25) is 0 Å². The Bertz CT molecular complexity index is 1680. The smallest absolute Gasteiger partial charge is 0.159 e. The predicted molar refractivity (Wildman–Crippen MR) is 154 cm³/mol. The van der Waals surface area contributed by atoms with Crippen LogP contribution < -0.4 is 5.32 Å². The Hall–Kier alpha value is -4.70. The lowest BCUT2D eigenvalue weighted by Crippen LogP contribution is -2.33. The van der Waals surface area contributed by atoms with Crippen molar-refractivity contribution in [2.24, 2.45) is 9.98 Å². The molecule has 4 nitrogen and oxygen atoms in total. The molecule has 0 amide bonds. The van der Waals surface area contributed by atoms with Crippen molar-refractivity contribution in [3.8, 4) is 0 Å². The standard InChI is InChI=1S/C33H26N4/c1-3-12-23(13-4-1)31-34-32(24-14-5-2-6-15-24)36-33(35-31)25-16-11-17-26(22-25)37-29-20-9-7-18-27(29)28-19-8-10-21-30(28)37/h1-10,12-16,18-22,31H,11,17H2,(H,34,35,36). The second kappa shape index (κ2) is 9.07. The zero-order valence-corrected chi connectivity index (χ0v) is 20.4. The predicted octanol–water partition coefficient (Wildman–Crippen LogP) is 7.50. The van der Waals surface area contributed by atoms with Crippen molar-refractivity contribution in [3.05, 3.63) is 138 Å². The van der Waals surface area contributed by atoms with Crippen LogP contribution in [0.3, 0.4) is 0 Å². The lowest BCUT2D eigenvalue weighted by Gasteiger charge is -2.25. The molecule has 1 aromatic heterocycles. The van der Waals surface area contributed by atoms with Crippen molar-refractivity contribution in [2.45, 2.75) is 19.0 Å². The van der Waals surface area contributed by atoms with Crippen LogP contribution in [0.4, 0.5) is 0 Å². The largest absolute Gasteiger partial charge is 0.344 e. The molecule has 0 radical (unpaired) electrons. The fourth-order valence-corrected chi connectivity index (χ4v) is 5.38. The maximum absolute atomic E-state index is 5.09. The summed E-state index contributed by atoms with van der Waals surface area (Å²) in [5.74, 6) is 1.61. The third-order valence-electron chi connectivity index (χ3n) is 7.12. The molecule has 4 aromatic carbocycles. The van der Waals surface area contributed by atoms with Gasteiger partial charge in [-0.25, -0.2) is 9.98 Å². The van der Waals surface area contributed by atoms with Crippen LogP contribution in [0.1, 0.15) is 30.1 Å². The maximum Gasteiger partial charge on any atom is 0.159 e. The van der Waals surface area contributed by atoms with Gasteiger partial charge in [0.1, 0.15) is 12.0 Å². The quantitative estimate of drug-likeness (QED) is 0.285. The van der Waals surface area contributed by atoms with E-state index in [0.717, 1.165) is 41.2 Å². The molecule has 0 fully saturated rings. The van der Waals surface area contributed by atoms with E-state index in [1.807, 2.05) is 24.3 Å². The van der Waals surface area contributed by atoms with Gasteiger partial charge in [-0.15, -0.1) is 0 Å². The van der Waals surface area contributed by atoms with E-state index in [0.29, 0.717) is 0 Å². The molecular weight excluding hydrogens is 452 g/mol. The van der Waals surface area contributed by atoms with E-state index in [1.54, 1.807) is 0 Å². The monoisotopic (exact) mass is 478 g/mol. The van der Waals surface area contributed by atoms with Crippen molar-refractivity contribution >= 4 is 39.2 Å². The molecule has 4 heteroatoms. The van der Waals surface area contributed by atoms with Crippen LogP contribution in [0, 0.1) is 0 Å². The summed E-state index contributed by atoms with van der Waals surface area (Å²) in [6.07, 6.45) is 6.27. The van der Waals surface area contributed by atoms with Gasteiger partial charge in [-0.1, -0.05) is 103 Å². The van der Waals surface area contributed by atoms with Gasteiger partial charge in [0.05, 0.1) is 11.0 Å². The van der Waals surface area contributed by atoms with Crippen molar-refractivity contribution < 1.29 is 0 Å². The number of nitrogens with one attached hydrogen (secondary N) is 1. The first-order chi connectivity index (χ1) is 18.3. The molecule has 5 aromatic rings. The van der Waals surface area contributed by atoms with Gasteiger partial charge in [-0.05, 0) is 36.6 Å². The van der Waals surface area contributed by atoms with Crippen molar-refractivity contribution in [3.63, 3.8) is 0 Å². The average molecular weight is 479 g/mol. The molecule has 1 atom stereocenters. The van der Waals surface area contributed by atoms with Crippen molar-refractivity contribution in [1.29, 1.82) is 0 Å². The van der Waals surface area contributed by atoms with E-state index in [1.165, 1.54) is 27.5 Å². The Kier molecular flexibility index (Phi) is 5.29. The van der Waals surface area contributed by atoms with Crippen LogP contribution in [0.25, 0.3) is 27.5 Å². The topological polar surface area (TPSA) is 41.7 Å². The highest BCUT2D eigenvalue weighted by atomic mass is 15.2. The summed E-state index contributed by atoms with van der Waals surface area (Å²) < 4.78 is 2.41. The Balaban J connectivity index is 1.36. The Morgan fingerprint density at radius 2 is 1.32 bits per heavy atom. The number of fused-ring (bicyclic) bond motifs is 3. The van der Waals surface area contributed by atoms with E-state index in [-0.39, 0.29) is 6.17 Å². The molecule has 2 heterocycles. The number of benzene rings is 4. The van der Waals surface area contributed by atoms with Gasteiger partial charge < -0.3 is 9.88 Å². The molecule has 0 saturated heterocycles. The summed E-state index contributed by atoms with van der Waals surface area (Å²) >= 11 is 0. The first kappa shape index (κ1) is 21.6. The van der Waals surface area contributed by atoms with E-state index in [9.17, 15) is 0 Å². The number of amidine groups is 2. The van der Waals surface area contributed by atoms with Crippen molar-refractivity contribution in [2.75, 3.05) is 0 Å². The van der Waals surface area contributed by atoms with E-state index in [4.69, 9.17) is 9.98 Å². The molecule has 7 rings (SSSR count). The average Bonchev–Trinajstić information content (AvgIpc) is 3.32. The molecule has 178 valence electrons. The highest BCUT2D eigenvalue weighted by molar-refractivity contribution is 6.15. The SMILES string of the molecule is C1=C(C2=NC(c3ccccc3)NC(c3ccccc3)=N2)C=C(n2c3ccccc3c3ccccc32)CC1. The van der Waals surface area contributed by atoms with Gasteiger partial charge in [0.15, 0.2) is 5.84 Å². The summed E-state index contributed by atoms with van der Waals surface area (Å²) in [5.41, 5.74) is 6.98. The van der Waals surface area contributed by atoms with Crippen LogP contribution in [0.15, 0.2) is 137 Å². The number of aromatic nitrogens is 1. The minimum absolute atomic E-state index is 0.197.